The van der Waals surface area contributed by atoms with E-state index in [-0.39, 0.29) is 0 Å². The van der Waals surface area contributed by atoms with Crippen LogP contribution in [0, 0.1) is 5.92 Å². The molecule has 0 aliphatic heterocycles. The van der Waals surface area contributed by atoms with Gasteiger partial charge in [0.05, 0.1) is 12.7 Å². The first kappa shape index (κ1) is 13.2. The van der Waals surface area contributed by atoms with Gasteiger partial charge in [-0.05, 0) is 19.8 Å². The molecule has 3 heteroatoms. The predicted molar refractivity (Wildman–Crippen MR) is 58.4 cm³/mol. The molecule has 80 valence electrons. The van der Waals surface area contributed by atoms with E-state index in [1.54, 1.807) is 0 Å². The molecule has 0 amide bonds. The quantitative estimate of drug-likeness (QED) is 0.511. The van der Waals surface area contributed by atoms with E-state index in [0.29, 0.717) is 23.9 Å². The van der Waals surface area contributed by atoms with Gasteiger partial charge >= 0.3 is 0 Å². The minimum atomic E-state index is 0.315. The molecular formula is C10H22ClNO. The molecule has 13 heavy (non-hydrogen) atoms. The van der Waals surface area contributed by atoms with Crippen LogP contribution in [-0.4, -0.2) is 31.2 Å². The Morgan fingerprint density at radius 3 is 2.23 bits per heavy atom. The van der Waals surface area contributed by atoms with Crippen molar-refractivity contribution in [2.45, 2.75) is 39.8 Å². The number of nitrogens with one attached hydrogen (secondary N) is 1. The first-order valence-electron chi connectivity index (χ1n) is 4.98. The van der Waals surface area contributed by atoms with Crippen LogP contribution < -0.4 is 5.32 Å². The molecule has 0 saturated carbocycles. The fourth-order valence-electron chi connectivity index (χ4n) is 1.01. The van der Waals surface area contributed by atoms with Crippen LogP contribution in [0.15, 0.2) is 0 Å². The summed E-state index contributed by atoms with van der Waals surface area (Å²) >= 11 is 5.80. The Morgan fingerprint density at radius 2 is 1.85 bits per heavy atom. The maximum Gasteiger partial charge on any atom is 0.0594 e. The van der Waals surface area contributed by atoms with Crippen LogP contribution in [-0.2, 0) is 4.74 Å². The molecule has 1 unspecified atom stereocenters. The average Bonchev–Trinajstić information content (AvgIpc) is 2.03. The number of hydrogen-bond acceptors (Lipinski definition) is 2. The Balaban J connectivity index is 3.39. The molecule has 0 saturated heterocycles. The summed E-state index contributed by atoms with van der Waals surface area (Å²) in [6.07, 6.45) is 0.315. The van der Waals surface area contributed by atoms with Gasteiger partial charge in [0.1, 0.15) is 0 Å². The van der Waals surface area contributed by atoms with Gasteiger partial charge in [0.2, 0.25) is 0 Å². The van der Waals surface area contributed by atoms with Gasteiger partial charge in [-0.2, -0.15) is 0 Å². The molecule has 0 bridgehead atoms. The summed E-state index contributed by atoms with van der Waals surface area (Å²) in [6.45, 7) is 10.1. The number of rotatable bonds is 7. The van der Waals surface area contributed by atoms with Gasteiger partial charge in [-0.1, -0.05) is 13.8 Å². The number of hydrogen-bond donors (Lipinski definition) is 1. The van der Waals surface area contributed by atoms with Crippen molar-refractivity contribution in [1.29, 1.82) is 0 Å². The molecule has 2 nitrogen and oxygen atoms in total. The fraction of sp³-hybridized carbons (Fsp3) is 1.00. The summed E-state index contributed by atoms with van der Waals surface area (Å²) in [5.41, 5.74) is 0. The van der Waals surface area contributed by atoms with Gasteiger partial charge in [-0.25, -0.2) is 0 Å². The van der Waals surface area contributed by atoms with Crippen molar-refractivity contribution >= 4 is 11.6 Å². The SMILES string of the molecule is CC(C)OCCNC(CCl)C(C)C. The van der Waals surface area contributed by atoms with Gasteiger partial charge in [-0.15, -0.1) is 11.6 Å². The lowest BCUT2D eigenvalue weighted by Gasteiger charge is -2.20. The van der Waals surface area contributed by atoms with E-state index in [9.17, 15) is 0 Å². The number of ether oxygens (including phenoxy) is 1. The number of halogens is 1. The van der Waals surface area contributed by atoms with Crippen LogP contribution >= 0.6 is 11.6 Å². The van der Waals surface area contributed by atoms with Crippen molar-refractivity contribution in [2.24, 2.45) is 5.92 Å². The second-order valence-electron chi connectivity index (χ2n) is 3.88. The monoisotopic (exact) mass is 207 g/mol. The van der Waals surface area contributed by atoms with E-state index in [2.05, 4.69) is 19.2 Å². The Bertz CT molecular complexity index is 117. The first-order valence-corrected chi connectivity index (χ1v) is 5.52. The zero-order valence-corrected chi connectivity index (χ0v) is 9.90. The summed E-state index contributed by atoms with van der Waals surface area (Å²) in [7, 11) is 0. The molecule has 1 atom stereocenters. The molecule has 0 aromatic carbocycles. The van der Waals surface area contributed by atoms with E-state index in [1.807, 2.05) is 13.8 Å². The van der Waals surface area contributed by atoms with Crippen LogP contribution in [0.5, 0.6) is 0 Å². The second-order valence-corrected chi connectivity index (χ2v) is 4.19. The Hall–Kier alpha value is 0.210. The molecule has 0 aromatic heterocycles. The highest BCUT2D eigenvalue weighted by molar-refractivity contribution is 6.18. The molecular weight excluding hydrogens is 186 g/mol. The highest BCUT2D eigenvalue weighted by Crippen LogP contribution is 2.02. The van der Waals surface area contributed by atoms with E-state index >= 15 is 0 Å². The van der Waals surface area contributed by atoms with Gasteiger partial charge in [-0.3, -0.25) is 0 Å². The highest BCUT2D eigenvalue weighted by Gasteiger charge is 2.10. The summed E-state index contributed by atoms with van der Waals surface area (Å²) in [5.74, 6) is 1.25. The largest absolute Gasteiger partial charge is 0.377 e. The van der Waals surface area contributed by atoms with Crippen LogP contribution in [0.25, 0.3) is 0 Å². The van der Waals surface area contributed by atoms with Crippen molar-refractivity contribution in [1.82, 2.24) is 5.32 Å². The molecule has 0 heterocycles. The van der Waals surface area contributed by atoms with E-state index in [4.69, 9.17) is 16.3 Å². The summed E-state index contributed by atoms with van der Waals surface area (Å²) in [6, 6.07) is 0.400. The maximum atomic E-state index is 5.80. The molecule has 0 aliphatic rings. The van der Waals surface area contributed by atoms with Gasteiger partial charge in [0.25, 0.3) is 0 Å². The zero-order valence-electron chi connectivity index (χ0n) is 9.14. The lowest BCUT2D eigenvalue weighted by Crippen LogP contribution is -2.37. The molecule has 0 radical (unpaired) electrons. The first-order chi connectivity index (χ1) is 6.07. The fourth-order valence-corrected chi connectivity index (χ4v) is 1.47. The van der Waals surface area contributed by atoms with Crippen LogP contribution in [0.3, 0.4) is 0 Å². The Kier molecular flexibility index (Phi) is 7.72. The van der Waals surface area contributed by atoms with Crippen LogP contribution in [0.4, 0.5) is 0 Å². The van der Waals surface area contributed by atoms with Crippen molar-refractivity contribution in [3.63, 3.8) is 0 Å². The van der Waals surface area contributed by atoms with Crippen molar-refractivity contribution < 1.29 is 4.74 Å². The summed E-state index contributed by atoms with van der Waals surface area (Å²) < 4.78 is 5.41. The normalized spacial score (nSPS) is 14.1. The predicted octanol–water partition coefficient (Wildman–Crippen LogP) is 2.26. The maximum absolute atomic E-state index is 5.80. The van der Waals surface area contributed by atoms with Crippen molar-refractivity contribution in [2.75, 3.05) is 19.0 Å². The number of alkyl halides is 1. The molecule has 0 rings (SSSR count). The average molecular weight is 208 g/mol. The van der Waals surface area contributed by atoms with Gasteiger partial charge in [0.15, 0.2) is 0 Å². The van der Waals surface area contributed by atoms with Crippen molar-refractivity contribution in [3.8, 4) is 0 Å². The Morgan fingerprint density at radius 1 is 1.23 bits per heavy atom. The standard InChI is InChI=1S/C10H22ClNO/c1-8(2)10(7-11)12-5-6-13-9(3)4/h8-10,12H,5-7H2,1-4H3. The van der Waals surface area contributed by atoms with Gasteiger partial charge in [0, 0.05) is 18.5 Å². The third kappa shape index (κ3) is 7.29. The third-order valence-electron chi connectivity index (χ3n) is 1.93. The molecule has 0 spiro atoms. The zero-order chi connectivity index (χ0) is 10.3. The van der Waals surface area contributed by atoms with E-state index in [0.717, 1.165) is 13.2 Å². The van der Waals surface area contributed by atoms with Crippen molar-refractivity contribution in [3.05, 3.63) is 0 Å². The third-order valence-corrected chi connectivity index (χ3v) is 2.26. The lowest BCUT2D eigenvalue weighted by molar-refractivity contribution is 0.0788. The lowest BCUT2D eigenvalue weighted by atomic mass is 10.1. The minimum absolute atomic E-state index is 0.315. The highest BCUT2D eigenvalue weighted by atomic mass is 35.5. The minimum Gasteiger partial charge on any atom is -0.377 e. The smallest absolute Gasteiger partial charge is 0.0594 e. The molecule has 0 aromatic rings. The molecule has 1 N–H and O–H groups in total. The van der Waals surface area contributed by atoms with E-state index < -0.39 is 0 Å². The van der Waals surface area contributed by atoms with Crippen LogP contribution in [0.2, 0.25) is 0 Å². The second kappa shape index (κ2) is 7.60. The Labute approximate surface area is 87.0 Å². The summed E-state index contributed by atoms with van der Waals surface area (Å²) in [5, 5.41) is 3.37. The molecule has 0 fully saturated rings. The van der Waals surface area contributed by atoms with Crippen LogP contribution in [0.1, 0.15) is 27.7 Å². The summed E-state index contributed by atoms with van der Waals surface area (Å²) in [4.78, 5) is 0. The topological polar surface area (TPSA) is 21.3 Å². The molecule has 0 aliphatic carbocycles. The van der Waals surface area contributed by atoms with E-state index in [1.165, 1.54) is 0 Å². The van der Waals surface area contributed by atoms with Gasteiger partial charge < -0.3 is 10.1 Å².